The highest BCUT2D eigenvalue weighted by Gasteiger charge is 2.18. The molecular formula is C21H16ClNO3. The SMILES string of the molecule is COc1cccc(NC(=O)c2ccccc2C(=O)c2ccc(Cl)cc2)c1. The van der Waals surface area contributed by atoms with Crippen LogP contribution < -0.4 is 10.1 Å². The Hall–Kier alpha value is -3.11. The quantitative estimate of drug-likeness (QED) is 0.659. The van der Waals surface area contributed by atoms with E-state index >= 15 is 0 Å². The standard InChI is InChI=1S/C21H16ClNO3/c1-26-17-6-4-5-16(13-17)23-21(25)19-8-3-2-7-18(19)20(24)14-9-11-15(22)12-10-14/h2-13H,1H3,(H,23,25). The number of ether oxygens (including phenoxy) is 1. The first-order chi connectivity index (χ1) is 12.6. The van der Waals surface area contributed by atoms with Crippen molar-refractivity contribution in [2.75, 3.05) is 12.4 Å². The summed E-state index contributed by atoms with van der Waals surface area (Å²) < 4.78 is 5.16. The van der Waals surface area contributed by atoms with Crippen molar-refractivity contribution in [3.63, 3.8) is 0 Å². The molecule has 0 aliphatic rings. The van der Waals surface area contributed by atoms with Gasteiger partial charge in [0.15, 0.2) is 5.78 Å². The summed E-state index contributed by atoms with van der Waals surface area (Å²) >= 11 is 5.87. The lowest BCUT2D eigenvalue weighted by molar-refractivity contribution is 0.0996. The first-order valence-electron chi connectivity index (χ1n) is 7.93. The van der Waals surface area contributed by atoms with Crippen molar-refractivity contribution in [1.82, 2.24) is 0 Å². The Morgan fingerprint density at radius 1 is 0.885 bits per heavy atom. The highest BCUT2D eigenvalue weighted by Crippen LogP contribution is 2.20. The number of nitrogens with one attached hydrogen (secondary N) is 1. The minimum Gasteiger partial charge on any atom is -0.497 e. The van der Waals surface area contributed by atoms with Crippen LogP contribution in [0.4, 0.5) is 5.69 Å². The number of methoxy groups -OCH3 is 1. The van der Waals surface area contributed by atoms with Crippen LogP contribution in [0.15, 0.2) is 72.8 Å². The fraction of sp³-hybridized carbons (Fsp3) is 0.0476. The predicted octanol–water partition coefficient (Wildman–Crippen LogP) is 4.83. The molecule has 130 valence electrons. The molecule has 3 aromatic rings. The zero-order chi connectivity index (χ0) is 18.5. The van der Waals surface area contributed by atoms with E-state index in [1.54, 1.807) is 79.9 Å². The summed E-state index contributed by atoms with van der Waals surface area (Å²) in [6, 6.07) is 20.3. The smallest absolute Gasteiger partial charge is 0.256 e. The average molecular weight is 366 g/mol. The third-order valence-corrected chi connectivity index (χ3v) is 4.10. The average Bonchev–Trinajstić information content (AvgIpc) is 2.68. The normalized spacial score (nSPS) is 10.2. The van der Waals surface area contributed by atoms with Gasteiger partial charge in [0.25, 0.3) is 5.91 Å². The lowest BCUT2D eigenvalue weighted by Crippen LogP contribution is -2.17. The number of amides is 1. The van der Waals surface area contributed by atoms with Crippen molar-refractivity contribution >= 4 is 29.0 Å². The molecule has 0 spiro atoms. The van der Waals surface area contributed by atoms with Crippen molar-refractivity contribution in [3.05, 3.63) is 94.5 Å². The van der Waals surface area contributed by atoms with E-state index in [9.17, 15) is 9.59 Å². The summed E-state index contributed by atoms with van der Waals surface area (Å²) in [6.07, 6.45) is 0. The van der Waals surface area contributed by atoms with Crippen LogP contribution in [0.2, 0.25) is 5.02 Å². The number of anilines is 1. The van der Waals surface area contributed by atoms with Gasteiger partial charge in [-0.2, -0.15) is 0 Å². The molecule has 0 bridgehead atoms. The number of carbonyl (C=O) groups excluding carboxylic acids is 2. The van der Waals surface area contributed by atoms with Crippen molar-refractivity contribution in [1.29, 1.82) is 0 Å². The Bertz CT molecular complexity index is 951. The summed E-state index contributed by atoms with van der Waals surface area (Å²) in [4.78, 5) is 25.5. The molecule has 0 heterocycles. The largest absolute Gasteiger partial charge is 0.497 e. The van der Waals surface area contributed by atoms with Gasteiger partial charge in [0, 0.05) is 27.9 Å². The molecule has 0 saturated carbocycles. The summed E-state index contributed by atoms with van der Waals surface area (Å²) in [5, 5.41) is 3.34. The van der Waals surface area contributed by atoms with Crippen molar-refractivity contribution in [2.45, 2.75) is 0 Å². The maximum Gasteiger partial charge on any atom is 0.256 e. The number of halogens is 1. The van der Waals surface area contributed by atoms with E-state index in [4.69, 9.17) is 16.3 Å². The Kier molecular flexibility index (Phi) is 5.34. The molecule has 0 saturated heterocycles. The van der Waals surface area contributed by atoms with Crippen molar-refractivity contribution < 1.29 is 14.3 Å². The third-order valence-electron chi connectivity index (χ3n) is 3.85. The molecule has 0 radical (unpaired) electrons. The molecule has 3 rings (SSSR count). The van der Waals surface area contributed by atoms with Gasteiger partial charge in [-0.15, -0.1) is 0 Å². The van der Waals surface area contributed by atoms with Gasteiger partial charge < -0.3 is 10.1 Å². The van der Waals surface area contributed by atoms with Crippen LogP contribution in [0.1, 0.15) is 26.3 Å². The fourth-order valence-corrected chi connectivity index (χ4v) is 2.66. The van der Waals surface area contributed by atoms with E-state index in [2.05, 4.69) is 5.32 Å². The molecule has 5 heteroatoms. The van der Waals surface area contributed by atoms with Gasteiger partial charge in [-0.3, -0.25) is 9.59 Å². The number of rotatable bonds is 5. The predicted molar refractivity (Wildman–Crippen MR) is 102 cm³/mol. The Labute approximate surface area is 156 Å². The zero-order valence-electron chi connectivity index (χ0n) is 14.0. The second-order valence-electron chi connectivity index (χ2n) is 5.57. The first-order valence-corrected chi connectivity index (χ1v) is 8.31. The Morgan fingerprint density at radius 2 is 1.58 bits per heavy atom. The zero-order valence-corrected chi connectivity index (χ0v) is 14.8. The Balaban J connectivity index is 1.89. The molecule has 1 amide bonds. The molecule has 0 atom stereocenters. The number of benzene rings is 3. The second kappa shape index (κ2) is 7.85. The van der Waals surface area contributed by atoms with E-state index < -0.39 is 0 Å². The van der Waals surface area contributed by atoms with Gasteiger partial charge in [0.2, 0.25) is 0 Å². The molecule has 0 aliphatic carbocycles. The molecule has 26 heavy (non-hydrogen) atoms. The fourth-order valence-electron chi connectivity index (χ4n) is 2.54. The van der Waals surface area contributed by atoms with Gasteiger partial charge in [0.05, 0.1) is 12.7 Å². The van der Waals surface area contributed by atoms with Gasteiger partial charge in [-0.05, 0) is 42.5 Å². The van der Waals surface area contributed by atoms with Crippen LogP contribution in [-0.4, -0.2) is 18.8 Å². The number of ketones is 1. The highest BCUT2D eigenvalue weighted by atomic mass is 35.5. The molecule has 4 nitrogen and oxygen atoms in total. The van der Waals surface area contributed by atoms with Crippen LogP contribution in [0.5, 0.6) is 5.75 Å². The lowest BCUT2D eigenvalue weighted by atomic mass is 9.98. The summed E-state index contributed by atoms with van der Waals surface area (Å²) in [7, 11) is 1.56. The lowest BCUT2D eigenvalue weighted by Gasteiger charge is -2.10. The minimum absolute atomic E-state index is 0.238. The topological polar surface area (TPSA) is 55.4 Å². The van der Waals surface area contributed by atoms with Crippen molar-refractivity contribution in [2.24, 2.45) is 0 Å². The Morgan fingerprint density at radius 3 is 2.27 bits per heavy atom. The minimum atomic E-state index is -0.365. The van der Waals surface area contributed by atoms with Crippen LogP contribution in [-0.2, 0) is 0 Å². The van der Waals surface area contributed by atoms with Crippen LogP contribution in [0, 0.1) is 0 Å². The van der Waals surface area contributed by atoms with E-state index in [1.807, 2.05) is 0 Å². The van der Waals surface area contributed by atoms with E-state index in [0.29, 0.717) is 33.1 Å². The molecule has 1 N–H and O–H groups in total. The number of hydrogen-bond acceptors (Lipinski definition) is 3. The maximum atomic E-state index is 12.8. The van der Waals surface area contributed by atoms with Crippen LogP contribution >= 0.6 is 11.6 Å². The molecule has 0 aliphatic heterocycles. The van der Waals surface area contributed by atoms with E-state index in [1.165, 1.54) is 0 Å². The molecule has 3 aromatic carbocycles. The highest BCUT2D eigenvalue weighted by molar-refractivity contribution is 6.30. The van der Waals surface area contributed by atoms with E-state index in [0.717, 1.165) is 0 Å². The van der Waals surface area contributed by atoms with Crippen LogP contribution in [0.25, 0.3) is 0 Å². The molecular weight excluding hydrogens is 350 g/mol. The van der Waals surface area contributed by atoms with Gasteiger partial charge >= 0.3 is 0 Å². The third kappa shape index (κ3) is 3.92. The van der Waals surface area contributed by atoms with Gasteiger partial charge in [-0.25, -0.2) is 0 Å². The first kappa shape index (κ1) is 17.7. The summed E-state index contributed by atoms with van der Waals surface area (Å²) in [5.74, 6) is 0.0301. The summed E-state index contributed by atoms with van der Waals surface area (Å²) in [6.45, 7) is 0. The monoisotopic (exact) mass is 365 g/mol. The second-order valence-corrected chi connectivity index (χ2v) is 6.00. The molecule has 0 unspecified atom stereocenters. The number of hydrogen-bond donors (Lipinski definition) is 1. The van der Waals surface area contributed by atoms with Crippen LogP contribution in [0.3, 0.4) is 0 Å². The molecule has 0 aromatic heterocycles. The molecule has 0 fully saturated rings. The summed E-state index contributed by atoms with van der Waals surface area (Å²) in [5.41, 5.74) is 1.68. The van der Waals surface area contributed by atoms with Crippen molar-refractivity contribution in [3.8, 4) is 5.75 Å². The number of carbonyl (C=O) groups is 2. The van der Waals surface area contributed by atoms with Gasteiger partial charge in [-0.1, -0.05) is 35.9 Å². The maximum absolute atomic E-state index is 12.8. The van der Waals surface area contributed by atoms with Gasteiger partial charge in [0.1, 0.15) is 5.75 Å². The van der Waals surface area contributed by atoms with E-state index in [-0.39, 0.29) is 11.7 Å².